The second-order valence-corrected chi connectivity index (χ2v) is 5.81. The average Bonchev–Trinajstić information content (AvgIpc) is 2.53. The van der Waals surface area contributed by atoms with E-state index in [1.807, 2.05) is 48.5 Å². The number of rotatable bonds is 4. The third-order valence-corrected chi connectivity index (χ3v) is 4.09. The van der Waals surface area contributed by atoms with Crippen LogP contribution in [-0.4, -0.2) is 16.8 Å². The van der Waals surface area contributed by atoms with Crippen LogP contribution in [0.15, 0.2) is 54.6 Å². The van der Waals surface area contributed by atoms with Crippen molar-refractivity contribution in [3.8, 4) is 5.75 Å². The Morgan fingerprint density at radius 1 is 0.864 bits per heavy atom. The highest BCUT2D eigenvalue weighted by Gasteiger charge is 2.12. The summed E-state index contributed by atoms with van der Waals surface area (Å²) < 4.78 is 0. The summed E-state index contributed by atoms with van der Waals surface area (Å²) in [4.78, 5) is 0. The van der Waals surface area contributed by atoms with Crippen molar-refractivity contribution in [2.45, 2.75) is 12.8 Å². The fourth-order valence-corrected chi connectivity index (χ4v) is 2.97. The van der Waals surface area contributed by atoms with Gasteiger partial charge in [-0.25, -0.2) is 0 Å². The Hall–Kier alpha value is -2.03. The van der Waals surface area contributed by atoms with Crippen molar-refractivity contribution in [1.29, 1.82) is 0 Å². The van der Waals surface area contributed by atoms with Crippen LogP contribution in [0, 0.1) is 0 Å². The minimum atomic E-state index is 0.0666. The van der Waals surface area contributed by atoms with Gasteiger partial charge in [-0.3, -0.25) is 0 Å². The Bertz CT molecular complexity index is 797. The summed E-state index contributed by atoms with van der Waals surface area (Å²) >= 11 is 6.07. The zero-order valence-electron chi connectivity index (χ0n) is 12.1. The Labute approximate surface area is 134 Å². The van der Waals surface area contributed by atoms with Crippen LogP contribution in [0.5, 0.6) is 5.75 Å². The molecular formula is C19H17ClO2. The molecule has 0 unspecified atom stereocenters. The lowest BCUT2D eigenvalue weighted by Crippen LogP contribution is -1.97. The van der Waals surface area contributed by atoms with Crippen LogP contribution < -0.4 is 0 Å². The van der Waals surface area contributed by atoms with E-state index in [4.69, 9.17) is 11.6 Å². The Balaban J connectivity index is 2.14. The molecule has 0 aliphatic carbocycles. The van der Waals surface area contributed by atoms with Gasteiger partial charge in [0.2, 0.25) is 0 Å². The van der Waals surface area contributed by atoms with Gasteiger partial charge in [-0.05, 0) is 46.7 Å². The van der Waals surface area contributed by atoms with E-state index in [-0.39, 0.29) is 12.4 Å². The van der Waals surface area contributed by atoms with Gasteiger partial charge in [-0.15, -0.1) is 0 Å². The number of phenolic OH excluding ortho intramolecular Hbond substituents is 1. The molecule has 0 saturated carbocycles. The normalized spacial score (nSPS) is 11.0. The molecule has 3 aromatic carbocycles. The molecule has 0 heterocycles. The first kappa shape index (κ1) is 14.9. The quantitative estimate of drug-likeness (QED) is 0.753. The summed E-state index contributed by atoms with van der Waals surface area (Å²) in [5, 5.41) is 22.2. The summed E-state index contributed by atoms with van der Waals surface area (Å²) in [5.41, 5.74) is 3.01. The molecule has 0 spiro atoms. The zero-order chi connectivity index (χ0) is 15.5. The van der Waals surface area contributed by atoms with Gasteiger partial charge >= 0.3 is 0 Å². The molecule has 22 heavy (non-hydrogen) atoms. The topological polar surface area (TPSA) is 40.5 Å². The first-order valence-electron chi connectivity index (χ1n) is 7.27. The van der Waals surface area contributed by atoms with Gasteiger partial charge in [-0.2, -0.15) is 0 Å². The number of fused-ring (bicyclic) bond motifs is 1. The number of hydrogen-bond acceptors (Lipinski definition) is 2. The molecule has 0 aliphatic rings. The van der Waals surface area contributed by atoms with Gasteiger partial charge < -0.3 is 10.2 Å². The summed E-state index contributed by atoms with van der Waals surface area (Å²) in [6, 6.07) is 17.5. The van der Waals surface area contributed by atoms with Crippen molar-refractivity contribution in [3.05, 3.63) is 76.3 Å². The van der Waals surface area contributed by atoms with Gasteiger partial charge in [0.05, 0.1) is 0 Å². The molecule has 112 valence electrons. The lowest BCUT2D eigenvalue weighted by molar-refractivity contribution is 0.300. The predicted molar refractivity (Wildman–Crippen MR) is 90.7 cm³/mol. The van der Waals surface area contributed by atoms with Gasteiger partial charge in [-0.1, -0.05) is 48.0 Å². The van der Waals surface area contributed by atoms with E-state index >= 15 is 0 Å². The maximum atomic E-state index is 10.6. The molecule has 0 atom stereocenters. The van der Waals surface area contributed by atoms with Crippen molar-refractivity contribution < 1.29 is 10.2 Å². The van der Waals surface area contributed by atoms with Crippen LogP contribution in [0.2, 0.25) is 5.02 Å². The number of benzene rings is 3. The predicted octanol–water partition coefficient (Wildman–Crippen LogP) is 4.32. The molecule has 2 nitrogen and oxygen atoms in total. The molecule has 0 amide bonds. The minimum absolute atomic E-state index is 0.0666. The zero-order valence-corrected chi connectivity index (χ0v) is 12.8. The smallest absolute Gasteiger partial charge is 0.126 e. The van der Waals surface area contributed by atoms with E-state index in [2.05, 4.69) is 0 Å². The maximum absolute atomic E-state index is 10.6. The standard InChI is InChI=1S/C19H17ClO2/c20-16-6-7-17-18(12-16)14(8-9-21)11-15(19(17)22)10-13-4-2-1-3-5-13/h1-7,11-12,21-22H,8-10H2. The molecule has 0 aromatic heterocycles. The molecule has 0 fully saturated rings. The second-order valence-electron chi connectivity index (χ2n) is 5.37. The highest BCUT2D eigenvalue weighted by molar-refractivity contribution is 6.31. The summed E-state index contributed by atoms with van der Waals surface area (Å²) in [6.45, 7) is 0.0666. The van der Waals surface area contributed by atoms with Crippen molar-refractivity contribution in [1.82, 2.24) is 0 Å². The SMILES string of the molecule is OCCc1cc(Cc2ccccc2)c(O)c2ccc(Cl)cc12. The van der Waals surface area contributed by atoms with Gasteiger partial charge in [0.1, 0.15) is 5.75 Å². The summed E-state index contributed by atoms with van der Waals surface area (Å²) in [6.07, 6.45) is 1.20. The third-order valence-electron chi connectivity index (χ3n) is 3.85. The molecule has 0 radical (unpaired) electrons. The lowest BCUT2D eigenvalue weighted by Gasteiger charge is -2.13. The van der Waals surface area contributed by atoms with Crippen molar-refractivity contribution >= 4 is 22.4 Å². The Kier molecular flexibility index (Phi) is 4.32. The van der Waals surface area contributed by atoms with Crippen LogP contribution in [0.1, 0.15) is 16.7 Å². The molecule has 0 saturated heterocycles. The van der Waals surface area contributed by atoms with Crippen molar-refractivity contribution in [2.24, 2.45) is 0 Å². The molecule has 0 bridgehead atoms. The molecule has 2 N–H and O–H groups in total. The van der Waals surface area contributed by atoms with E-state index in [9.17, 15) is 10.2 Å². The van der Waals surface area contributed by atoms with Gasteiger partial charge in [0.25, 0.3) is 0 Å². The van der Waals surface area contributed by atoms with Crippen LogP contribution >= 0.6 is 11.6 Å². The molecule has 3 aromatic rings. The molecule has 3 rings (SSSR count). The van der Waals surface area contributed by atoms with Gasteiger partial charge in [0, 0.05) is 23.4 Å². The first-order valence-corrected chi connectivity index (χ1v) is 7.64. The molecule has 0 aliphatic heterocycles. The number of aromatic hydroxyl groups is 1. The third kappa shape index (κ3) is 2.94. The second kappa shape index (κ2) is 6.39. The number of aliphatic hydroxyl groups excluding tert-OH is 1. The van der Waals surface area contributed by atoms with Crippen LogP contribution in [0.25, 0.3) is 10.8 Å². The monoisotopic (exact) mass is 312 g/mol. The molecule has 3 heteroatoms. The van der Waals surface area contributed by atoms with Crippen LogP contribution in [0.3, 0.4) is 0 Å². The van der Waals surface area contributed by atoms with E-state index < -0.39 is 0 Å². The minimum Gasteiger partial charge on any atom is -0.507 e. The fourth-order valence-electron chi connectivity index (χ4n) is 2.80. The largest absolute Gasteiger partial charge is 0.507 e. The number of hydrogen-bond donors (Lipinski definition) is 2. The van der Waals surface area contributed by atoms with E-state index in [0.717, 1.165) is 27.5 Å². The number of aliphatic hydroxyl groups is 1. The number of phenols is 1. The Morgan fingerprint density at radius 3 is 2.36 bits per heavy atom. The lowest BCUT2D eigenvalue weighted by atomic mass is 9.94. The Morgan fingerprint density at radius 2 is 1.64 bits per heavy atom. The summed E-state index contributed by atoms with van der Waals surface area (Å²) in [5.74, 6) is 0.289. The summed E-state index contributed by atoms with van der Waals surface area (Å²) in [7, 11) is 0. The fraction of sp³-hybridized carbons (Fsp3) is 0.158. The maximum Gasteiger partial charge on any atom is 0.126 e. The van der Waals surface area contributed by atoms with E-state index in [0.29, 0.717) is 17.9 Å². The van der Waals surface area contributed by atoms with Crippen molar-refractivity contribution in [3.63, 3.8) is 0 Å². The van der Waals surface area contributed by atoms with E-state index in [1.165, 1.54) is 0 Å². The molecular weight excluding hydrogens is 296 g/mol. The highest BCUT2D eigenvalue weighted by atomic mass is 35.5. The van der Waals surface area contributed by atoms with Gasteiger partial charge in [0.15, 0.2) is 0 Å². The van der Waals surface area contributed by atoms with Crippen LogP contribution in [0.4, 0.5) is 0 Å². The first-order chi connectivity index (χ1) is 10.7. The highest BCUT2D eigenvalue weighted by Crippen LogP contribution is 2.34. The van der Waals surface area contributed by atoms with E-state index in [1.54, 1.807) is 6.07 Å². The average molecular weight is 313 g/mol. The van der Waals surface area contributed by atoms with Crippen molar-refractivity contribution in [2.75, 3.05) is 6.61 Å². The van der Waals surface area contributed by atoms with Crippen LogP contribution in [-0.2, 0) is 12.8 Å². The number of halogens is 1.